The van der Waals surface area contributed by atoms with E-state index < -0.39 is 35.4 Å². The van der Waals surface area contributed by atoms with Gasteiger partial charge < -0.3 is 4.74 Å². The van der Waals surface area contributed by atoms with Crippen LogP contribution in [-0.2, 0) is 12.8 Å². The molecule has 0 N–H and O–H groups in total. The minimum Gasteiger partial charge on any atom is -0.403 e. The summed E-state index contributed by atoms with van der Waals surface area (Å²) in [5, 5.41) is 0. The van der Waals surface area contributed by atoms with Crippen molar-refractivity contribution in [3.63, 3.8) is 0 Å². The topological polar surface area (TPSA) is 9.23 Å². The van der Waals surface area contributed by atoms with E-state index in [0.717, 1.165) is 37.5 Å². The summed E-state index contributed by atoms with van der Waals surface area (Å²) in [7, 11) is 0. The Bertz CT molecular complexity index is 1280. The second kappa shape index (κ2) is 10.4. The molecule has 0 aromatic heterocycles. The number of allylic oxidation sites excluding steroid dienone is 1. The minimum atomic E-state index is -5.06. The lowest BCUT2D eigenvalue weighted by Crippen LogP contribution is -2.17. The molecule has 0 aliphatic heterocycles. The van der Waals surface area contributed by atoms with Crippen LogP contribution in [-0.4, -0.2) is 6.36 Å². The van der Waals surface area contributed by atoms with Gasteiger partial charge in [0.1, 0.15) is 17.5 Å². The first-order valence-electron chi connectivity index (χ1n) is 11.6. The molecular weight excluding hydrogens is 485 g/mol. The summed E-state index contributed by atoms with van der Waals surface area (Å²) in [6, 6.07) is 8.26. The van der Waals surface area contributed by atoms with Gasteiger partial charge in [-0.1, -0.05) is 44.0 Å². The van der Waals surface area contributed by atoms with E-state index in [0.29, 0.717) is 23.1 Å². The van der Waals surface area contributed by atoms with E-state index in [1.165, 1.54) is 24.3 Å². The summed E-state index contributed by atoms with van der Waals surface area (Å²) in [5.41, 5.74) is 1.61. The molecule has 3 aromatic rings. The number of alkyl halides is 3. The first-order chi connectivity index (χ1) is 17.1. The van der Waals surface area contributed by atoms with Gasteiger partial charge in [0.15, 0.2) is 11.6 Å². The Morgan fingerprint density at radius 2 is 1.56 bits per heavy atom. The Morgan fingerprint density at radius 3 is 2.19 bits per heavy atom. The summed E-state index contributed by atoms with van der Waals surface area (Å²) >= 11 is 0. The van der Waals surface area contributed by atoms with Crippen molar-refractivity contribution in [1.82, 2.24) is 0 Å². The van der Waals surface area contributed by atoms with Crippen molar-refractivity contribution in [2.24, 2.45) is 0 Å². The van der Waals surface area contributed by atoms with Gasteiger partial charge in [-0.05, 0) is 77.8 Å². The van der Waals surface area contributed by atoms with Crippen LogP contribution in [0.5, 0.6) is 5.75 Å². The highest BCUT2D eigenvalue weighted by Gasteiger charge is 2.32. The van der Waals surface area contributed by atoms with Crippen molar-refractivity contribution in [2.75, 3.05) is 0 Å². The van der Waals surface area contributed by atoms with E-state index in [2.05, 4.69) is 4.74 Å². The fourth-order valence-corrected chi connectivity index (χ4v) is 4.50. The lowest BCUT2D eigenvalue weighted by Gasteiger charge is -2.20. The smallest absolute Gasteiger partial charge is 0.403 e. The highest BCUT2D eigenvalue weighted by atomic mass is 19.4. The Hall–Kier alpha value is -3.29. The first-order valence-corrected chi connectivity index (χ1v) is 11.6. The number of hydrogen-bond donors (Lipinski definition) is 0. The summed E-state index contributed by atoms with van der Waals surface area (Å²) < 4.78 is 99.9. The number of aryl methyl sites for hydroxylation is 1. The molecule has 190 valence electrons. The molecule has 3 aromatic carbocycles. The number of ether oxygens (including phenoxy) is 1. The molecule has 0 bridgehead atoms. The molecule has 1 nitrogen and oxygen atoms in total. The molecule has 4 rings (SSSR count). The van der Waals surface area contributed by atoms with E-state index in [1.54, 1.807) is 6.07 Å². The molecule has 0 atom stereocenters. The number of rotatable bonds is 7. The second-order valence-corrected chi connectivity index (χ2v) is 8.75. The maximum absolute atomic E-state index is 15.3. The summed E-state index contributed by atoms with van der Waals surface area (Å²) in [5.74, 6) is -4.29. The van der Waals surface area contributed by atoms with Gasteiger partial charge in [0, 0.05) is 11.1 Å². The van der Waals surface area contributed by atoms with Gasteiger partial charge in [-0.3, -0.25) is 0 Å². The fourth-order valence-electron chi connectivity index (χ4n) is 4.50. The Kier molecular flexibility index (Phi) is 7.43. The highest BCUT2D eigenvalue weighted by Crippen LogP contribution is 2.38. The monoisotopic (exact) mass is 508 g/mol. The van der Waals surface area contributed by atoms with Gasteiger partial charge in [0.25, 0.3) is 0 Å². The average Bonchev–Trinajstić information content (AvgIpc) is 2.80. The number of hydrogen-bond acceptors (Lipinski definition) is 1. The zero-order valence-corrected chi connectivity index (χ0v) is 19.4. The summed E-state index contributed by atoms with van der Waals surface area (Å²) in [4.78, 5) is 0. The van der Waals surface area contributed by atoms with Crippen LogP contribution in [0.15, 0.2) is 42.5 Å². The van der Waals surface area contributed by atoms with Crippen LogP contribution >= 0.6 is 0 Å². The van der Waals surface area contributed by atoms with E-state index in [1.807, 2.05) is 6.92 Å². The van der Waals surface area contributed by atoms with Crippen LogP contribution in [0, 0.1) is 23.3 Å². The molecule has 1 aliphatic rings. The van der Waals surface area contributed by atoms with Gasteiger partial charge in [0.05, 0.1) is 0 Å². The van der Waals surface area contributed by atoms with Crippen molar-refractivity contribution in [3.05, 3.63) is 88.0 Å². The predicted octanol–water partition coefficient (Wildman–Crippen LogP) is 9.03. The number of halogens is 7. The molecule has 0 heterocycles. The maximum Gasteiger partial charge on any atom is 0.573 e. The number of fused-ring (bicyclic) bond motifs is 1. The van der Waals surface area contributed by atoms with Crippen molar-refractivity contribution in [1.29, 1.82) is 0 Å². The molecule has 0 unspecified atom stereocenters. The van der Waals surface area contributed by atoms with Crippen LogP contribution in [0.2, 0.25) is 0 Å². The van der Waals surface area contributed by atoms with Crippen LogP contribution in [0.1, 0.15) is 54.9 Å². The third-order valence-electron chi connectivity index (χ3n) is 6.21. The molecule has 0 fully saturated rings. The van der Waals surface area contributed by atoms with E-state index in [4.69, 9.17) is 0 Å². The molecule has 8 heteroatoms. The SMILES string of the molecule is CCCCCc1cc(F)c(C2=Cc3ccc(-c4ccc(OC(F)(F)F)c(F)c4)c(F)c3CC2)c(F)c1. The number of benzene rings is 3. The highest BCUT2D eigenvalue weighted by molar-refractivity contribution is 5.86. The lowest BCUT2D eigenvalue weighted by molar-refractivity contribution is -0.275. The van der Waals surface area contributed by atoms with Crippen LogP contribution in [0.25, 0.3) is 22.8 Å². The molecule has 36 heavy (non-hydrogen) atoms. The second-order valence-electron chi connectivity index (χ2n) is 8.75. The third-order valence-corrected chi connectivity index (χ3v) is 6.21. The minimum absolute atomic E-state index is 0.00291. The van der Waals surface area contributed by atoms with Crippen LogP contribution in [0.3, 0.4) is 0 Å². The maximum atomic E-state index is 15.3. The average molecular weight is 508 g/mol. The van der Waals surface area contributed by atoms with Gasteiger partial charge >= 0.3 is 6.36 Å². The Labute approximate surface area is 204 Å². The van der Waals surface area contributed by atoms with E-state index >= 15 is 4.39 Å². The first kappa shape index (κ1) is 25.8. The van der Waals surface area contributed by atoms with Crippen LogP contribution in [0.4, 0.5) is 30.7 Å². The summed E-state index contributed by atoms with van der Waals surface area (Å²) in [6.45, 7) is 2.05. The number of unbranched alkanes of at least 4 members (excludes halogenated alkanes) is 2. The third kappa shape index (κ3) is 5.58. The zero-order valence-electron chi connectivity index (χ0n) is 19.4. The fraction of sp³-hybridized carbons (Fsp3) is 0.286. The largest absolute Gasteiger partial charge is 0.573 e. The molecule has 0 radical (unpaired) electrons. The van der Waals surface area contributed by atoms with Crippen molar-refractivity contribution in [3.8, 4) is 16.9 Å². The lowest BCUT2D eigenvalue weighted by atomic mass is 9.85. The van der Waals surface area contributed by atoms with E-state index in [-0.39, 0.29) is 35.1 Å². The Balaban J connectivity index is 1.63. The van der Waals surface area contributed by atoms with E-state index in [9.17, 15) is 26.3 Å². The molecule has 0 amide bonds. The zero-order chi connectivity index (χ0) is 26.0. The quantitative estimate of drug-likeness (QED) is 0.229. The molecule has 1 aliphatic carbocycles. The molecule has 0 saturated heterocycles. The van der Waals surface area contributed by atoms with Gasteiger partial charge in [-0.2, -0.15) is 0 Å². The molecule has 0 saturated carbocycles. The van der Waals surface area contributed by atoms with Crippen molar-refractivity contribution >= 4 is 11.6 Å². The normalized spacial score (nSPS) is 13.4. The van der Waals surface area contributed by atoms with Crippen molar-refractivity contribution in [2.45, 2.75) is 51.8 Å². The standard InChI is InChI=1S/C28H23F7O/c1-2-3-4-5-16-12-23(30)26(24(31)13-16)19-7-10-20-17(14-19)6-9-21(27(20)32)18-8-11-25(22(29)15-18)36-28(33,34)35/h6,8-9,11-15H,2-5,7,10H2,1H3. The molecular formula is C28H23F7O. The predicted molar refractivity (Wildman–Crippen MR) is 124 cm³/mol. The van der Waals surface area contributed by atoms with Gasteiger partial charge in [-0.15, -0.1) is 13.2 Å². The summed E-state index contributed by atoms with van der Waals surface area (Å²) in [6.07, 6.45) is 0.205. The van der Waals surface area contributed by atoms with Crippen LogP contribution < -0.4 is 4.74 Å². The molecule has 0 spiro atoms. The van der Waals surface area contributed by atoms with Gasteiger partial charge in [-0.25, -0.2) is 17.6 Å². The van der Waals surface area contributed by atoms with Crippen molar-refractivity contribution < 1.29 is 35.5 Å². The Morgan fingerprint density at radius 1 is 0.833 bits per heavy atom. The van der Waals surface area contributed by atoms with Gasteiger partial charge in [0.2, 0.25) is 0 Å².